The highest BCUT2D eigenvalue weighted by Gasteiger charge is 2.38. The largest absolute Gasteiger partial charge is 0.508 e. The van der Waals surface area contributed by atoms with Crippen molar-refractivity contribution >= 4 is 17.3 Å². The molecular formula is C29H30N2O2. The second-order valence-corrected chi connectivity index (χ2v) is 10.2. The Bertz CT molecular complexity index is 1200. The first kappa shape index (κ1) is 21.3. The first-order valence-electron chi connectivity index (χ1n) is 11.6. The molecule has 0 radical (unpaired) electrons. The van der Waals surface area contributed by atoms with E-state index in [1.165, 1.54) is 16.7 Å². The fourth-order valence-corrected chi connectivity index (χ4v) is 5.01. The third kappa shape index (κ3) is 4.13. The van der Waals surface area contributed by atoms with Crippen molar-refractivity contribution in [3.05, 3.63) is 101 Å². The molecule has 3 atom stereocenters. The number of fused-ring (bicyclic) bond motifs is 3. The van der Waals surface area contributed by atoms with Crippen LogP contribution in [0.1, 0.15) is 66.2 Å². The summed E-state index contributed by atoms with van der Waals surface area (Å²) in [5.74, 6) is 0.880. The van der Waals surface area contributed by atoms with Crippen LogP contribution in [0.5, 0.6) is 5.75 Å². The minimum absolute atomic E-state index is 0.0594. The summed E-state index contributed by atoms with van der Waals surface area (Å²) >= 11 is 0. The fourth-order valence-electron chi connectivity index (χ4n) is 5.01. The van der Waals surface area contributed by atoms with Gasteiger partial charge in [0, 0.05) is 22.9 Å². The van der Waals surface area contributed by atoms with E-state index in [2.05, 4.69) is 55.7 Å². The molecule has 1 aliphatic carbocycles. The molecule has 0 saturated carbocycles. The lowest BCUT2D eigenvalue weighted by Crippen LogP contribution is -2.29. The van der Waals surface area contributed by atoms with Crippen molar-refractivity contribution in [3.8, 4) is 5.75 Å². The van der Waals surface area contributed by atoms with Gasteiger partial charge < -0.3 is 15.7 Å². The lowest BCUT2D eigenvalue weighted by Gasteiger charge is -2.37. The third-order valence-corrected chi connectivity index (χ3v) is 6.89. The molecule has 3 unspecified atom stereocenters. The maximum Gasteiger partial charge on any atom is 0.255 e. The zero-order valence-corrected chi connectivity index (χ0v) is 19.3. The molecule has 3 N–H and O–H groups in total. The minimum Gasteiger partial charge on any atom is -0.508 e. The van der Waals surface area contributed by atoms with Crippen molar-refractivity contribution in [2.24, 2.45) is 5.92 Å². The van der Waals surface area contributed by atoms with E-state index >= 15 is 0 Å². The van der Waals surface area contributed by atoms with Crippen LogP contribution in [0.25, 0.3) is 0 Å². The maximum absolute atomic E-state index is 12.9. The smallest absolute Gasteiger partial charge is 0.255 e. The summed E-state index contributed by atoms with van der Waals surface area (Å²) in [4.78, 5) is 12.9. The number of anilines is 2. The Hall–Kier alpha value is -3.53. The van der Waals surface area contributed by atoms with Crippen molar-refractivity contribution in [3.63, 3.8) is 0 Å². The van der Waals surface area contributed by atoms with Crippen molar-refractivity contribution in [1.82, 2.24) is 0 Å². The molecule has 2 aliphatic rings. The van der Waals surface area contributed by atoms with E-state index in [-0.39, 0.29) is 23.1 Å². The normalized spacial score (nSPS) is 21.1. The van der Waals surface area contributed by atoms with E-state index in [4.69, 9.17) is 0 Å². The number of nitrogens with one attached hydrogen (secondary N) is 2. The predicted molar refractivity (Wildman–Crippen MR) is 134 cm³/mol. The lowest BCUT2D eigenvalue weighted by molar-refractivity contribution is 0.102. The lowest BCUT2D eigenvalue weighted by atomic mass is 9.77. The topological polar surface area (TPSA) is 61.4 Å². The molecule has 4 nitrogen and oxygen atoms in total. The number of allylic oxidation sites excluding steroid dienone is 2. The first-order chi connectivity index (χ1) is 15.8. The SMILES string of the molecule is CC(C)(C)c1ccc(C(=O)Nc2ccc3c(c2)C2C=CCC2C(c2ccc(O)cc2)N3)cc1. The van der Waals surface area contributed by atoms with Crippen LogP contribution >= 0.6 is 0 Å². The molecule has 4 heteroatoms. The van der Waals surface area contributed by atoms with Gasteiger partial charge >= 0.3 is 0 Å². The number of carbonyl (C=O) groups excluding carboxylic acids is 1. The van der Waals surface area contributed by atoms with Crippen LogP contribution in [0.4, 0.5) is 11.4 Å². The van der Waals surface area contributed by atoms with E-state index in [0.29, 0.717) is 17.4 Å². The number of amides is 1. The summed E-state index contributed by atoms with van der Waals surface area (Å²) in [5, 5.41) is 16.4. The average molecular weight is 439 g/mol. The Morgan fingerprint density at radius 1 is 1.00 bits per heavy atom. The van der Waals surface area contributed by atoms with Gasteiger partial charge in [-0.05, 0) is 76.9 Å². The zero-order valence-electron chi connectivity index (χ0n) is 19.3. The highest BCUT2D eigenvalue weighted by Crippen LogP contribution is 2.50. The summed E-state index contributed by atoms with van der Waals surface area (Å²) in [7, 11) is 0. The number of hydrogen-bond acceptors (Lipinski definition) is 3. The Morgan fingerprint density at radius 3 is 2.42 bits per heavy atom. The van der Waals surface area contributed by atoms with Crippen molar-refractivity contribution in [2.45, 2.75) is 44.6 Å². The molecule has 1 aliphatic heterocycles. The van der Waals surface area contributed by atoms with Gasteiger partial charge in [-0.3, -0.25) is 4.79 Å². The van der Waals surface area contributed by atoms with Crippen LogP contribution in [0.15, 0.2) is 78.9 Å². The molecule has 1 heterocycles. The van der Waals surface area contributed by atoms with E-state index in [9.17, 15) is 9.90 Å². The van der Waals surface area contributed by atoms with E-state index in [1.54, 1.807) is 12.1 Å². The monoisotopic (exact) mass is 438 g/mol. The third-order valence-electron chi connectivity index (χ3n) is 6.89. The number of benzene rings is 3. The zero-order chi connectivity index (χ0) is 23.2. The summed E-state index contributed by atoms with van der Waals surface area (Å²) in [5.41, 5.74) is 6.21. The van der Waals surface area contributed by atoms with Crippen molar-refractivity contribution < 1.29 is 9.90 Å². The van der Waals surface area contributed by atoms with E-state index in [0.717, 1.165) is 17.8 Å². The molecule has 3 aromatic rings. The Morgan fingerprint density at radius 2 is 1.73 bits per heavy atom. The molecule has 0 spiro atoms. The maximum atomic E-state index is 12.9. The van der Waals surface area contributed by atoms with Crippen molar-refractivity contribution in [2.75, 3.05) is 10.6 Å². The Balaban J connectivity index is 1.38. The van der Waals surface area contributed by atoms with Crippen LogP contribution in [0.3, 0.4) is 0 Å². The van der Waals surface area contributed by atoms with Gasteiger partial charge in [-0.25, -0.2) is 0 Å². The highest BCUT2D eigenvalue weighted by molar-refractivity contribution is 6.04. The number of carbonyl (C=O) groups is 1. The molecule has 0 saturated heterocycles. The summed E-state index contributed by atoms with van der Waals surface area (Å²) in [6, 6.07) is 21.6. The quantitative estimate of drug-likeness (QED) is 0.396. The second kappa shape index (κ2) is 8.11. The number of rotatable bonds is 3. The number of phenolic OH excluding ortho intramolecular Hbond substituents is 1. The standard InChI is InChI=1S/C29H30N2O2/c1-29(2,3)20-11-7-19(8-12-20)28(33)30-21-13-16-26-25(17-21)23-5-4-6-24(23)27(31-26)18-9-14-22(32)15-10-18/h4-5,7-17,23-24,27,31-32H,6H2,1-3H3,(H,30,33). The van der Waals surface area contributed by atoms with Gasteiger partial charge in [-0.1, -0.05) is 57.2 Å². The van der Waals surface area contributed by atoms with Gasteiger partial charge in [0.2, 0.25) is 0 Å². The molecule has 0 bridgehead atoms. The van der Waals surface area contributed by atoms with Gasteiger partial charge in [0.05, 0.1) is 6.04 Å². The minimum atomic E-state index is -0.0975. The average Bonchev–Trinajstić information content (AvgIpc) is 3.29. The Labute approximate surface area is 195 Å². The summed E-state index contributed by atoms with van der Waals surface area (Å²) in [6.45, 7) is 6.50. The Kier molecular flexibility index (Phi) is 5.24. The van der Waals surface area contributed by atoms with Crippen LogP contribution < -0.4 is 10.6 Å². The fraction of sp³-hybridized carbons (Fsp3) is 0.276. The second-order valence-electron chi connectivity index (χ2n) is 10.2. The van der Waals surface area contributed by atoms with E-state index in [1.807, 2.05) is 42.5 Å². The van der Waals surface area contributed by atoms with Gasteiger partial charge in [0.1, 0.15) is 5.75 Å². The molecule has 0 aromatic heterocycles. The first-order valence-corrected chi connectivity index (χ1v) is 11.6. The predicted octanol–water partition coefficient (Wildman–Crippen LogP) is 6.77. The van der Waals surface area contributed by atoms with Crippen LogP contribution in [-0.2, 0) is 5.41 Å². The highest BCUT2D eigenvalue weighted by atomic mass is 16.3. The van der Waals surface area contributed by atoms with E-state index < -0.39 is 0 Å². The van der Waals surface area contributed by atoms with Gasteiger partial charge in [-0.15, -0.1) is 0 Å². The molecular weight excluding hydrogens is 408 g/mol. The summed E-state index contributed by atoms with van der Waals surface area (Å²) < 4.78 is 0. The molecule has 3 aromatic carbocycles. The van der Waals surface area contributed by atoms with Crippen LogP contribution in [0.2, 0.25) is 0 Å². The van der Waals surface area contributed by atoms with Crippen LogP contribution in [-0.4, -0.2) is 11.0 Å². The summed E-state index contributed by atoms with van der Waals surface area (Å²) in [6.07, 6.45) is 5.54. The molecule has 33 heavy (non-hydrogen) atoms. The number of aromatic hydroxyl groups is 1. The van der Waals surface area contributed by atoms with Gasteiger partial charge in [0.15, 0.2) is 0 Å². The van der Waals surface area contributed by atoms with Crippen molar-refractivity contribution in [1.29, 1.82) is 0 Å². The number of hydrogen-bond donors (Lipinski definition) is 3. The van der Waals surface area contributed by atoms with Crippen LogP contribution in [0, 0.1) is 5.92 Å². The van der Waals surface area contributed by atoms with Gasteiger partial charge in [0.25, 0.3) is 5.91 Å². The molecule has 1 amide bonds. The molecule has 0 fully saturated rings. The number of phenols is 1. The molecule has 5 rings (SSSR count). The molecule has 168 valence electrons. The van der Waals surface area contributed by atoms with Gasteiger partial charge in [-0.2, -0.15) is 0 Å².